The van der Waals surface area contributed by atoms with Gasteiger partial charge in [-0.05, 0) is 18.6 Å². The highest BCUT2D eigenvalue weighted by Gasteiger charge is 2.28. The van der Waals surface area contributed by atoms with Crippen molar-refractivity contribution in [3.63, 3.8) is 0 Å². The Labute approximate surface area is 68.6 Å². The van der Waals surface area contributed by atoms with E-state index in [4.69, 9.17) is 0 Å². The number of aromatic nitrogens is 1. The van der Waals surface area contributed by atoms with Gasteiger partial charge in [0.1, 0.15) is 5.82 Å². The van der Waals surface area contributed by atoms with Gasteiger partial charge in [0.2, 0.25) is 0 Å². The fraction of sp³-hybridized carbons (Fsp3) is 0.125. The van der Waals surface area contributed by atoms with E-state index in [1.165, 1.54) is 0 Å². The van der Waals surface area contributed by atoms with Gasteiger partial charge < -0.3 is 5.32 Å². The maximum Gasteiger partial charge on any atom is 0.298 e. The summed E-state index contributed by atoms with van der Waals surface area (Å²) in [4.78, 5) is 25.8. The maximum absolute atomic E-state index is 11.1. The quantitative estimate of drug-likeness (QED) is 0.566. The Hall–Kier alpha value is -1.71. The number of ketones is 1. The van der Waals surface area contributed by atoms with Gasteiger partial charge in [-0.3, -0.25) is 9.59 Å². The van der Waals surface area contributed by atoms with Crippen LogP contribution in [0.4, 0.5) is 5.82 Å². The zero-order valence-corrected chi connectivity index (χ0v) is 6.42. The van der Waals surface area contributed by atoms with Gasteiger partial charge in [0.15, 0.2) is 0 Å². The molecule has 0 fully saturated rings. The SMILES string of the molecule is Cc1cnc2c(c1)C(=O)C(=O)N2. The van der Waals surface area contributed by atoms with Crippen molar-refractivity contribution in [1.29, 1.82) is 0 Å². The smallest absolute Gasteiger partial charge is 0.298 e. The van der Waals surface area contributed by atoms with Crippen LogP contribution in [0.15, 0.2) is 12.3 Å². The monoisotopic (exact) mass is 162 g/mol. The number of hydrogen-bond donors (Lipinski definition) is 1. The minimum atomic E-state index is -0.594. The molecule has 0 unspecified atom stereocenters. The van der Waals surface area contributed by atoms with Gasteiger partial charge in [-0.25, -0.2) is 4.98 Å². The standard InChI is InChI=1S/C8H6N2O2/c1-4-2-5-6(11)8(12)10-7(5)9-3-4/h2-3H,1H3,(H,9,10,11,12). The summed E-state index contributed by atoms with van der Waals surface area (Å²) in [6.45, 7) is 1.82. The molecule has 0 saturated carbocycles. The Bertz CT molecular complexity index is 385. The molecule has 0 radical (unpaired) electrons. The number of hydrogen-bond acceptors (Lipinski definition) is 3. The number of nitrogens with one attached hydrogen (secondary N) is 1. The zero-order chi connectivity index (χ0) is 8.72. The van der Waals surface area contributed by atoms with Crippen molar-refractivity contribution in [2.45, 2.75) is 6.92 Å². The van der Waals surface area contributed by atoms with Gasteiger partial charge in [-0.1, -0.05) is 0 Å². The predicted molar refractivity (Wildman–Crippen MR) is 41.9 cm³/mol. The summed E-state index contributed by atoms with van der Waals surface area (Å²) in [5.41, 5.74) is 1.25. The molecule has 0 aromatic carbocycles. The fourth-order valence-corrected chi connectivity index (χ4v) is 1.13. The molecule has 0 aliphatic carbocycles. The molecule has 1 aromatic rings. The lowest BCUT2D eigenvalue weighted by Gasteiger charge is -1.95. The second-order valence-electron chi connectivity index (χ2n) is 2.69. The van der Waals surface area contributed by atoms with E-state index in [1.54, 1.807) is 12.3 Å². The van der Waals surface area contributed by atoms with Crippen molar-refractivity contribution in [2.24, 2.45) is 0 Å². The third-order valence-corrected chi connectivity index (χ3v) is 1.71. The Balaban J connectivity index is 2.63. The molecule has 0 spiro atoms. The lowest BCUT2D eigenvalue weighted by Crippen LogP contribution is -2.12. The van der Waals surface area contributed by atoms with Crippen molar-refractivity contribution >= 4 is 17.5 Å². The second-order valence-corrected chi connectivity index (χ2v) is 2.69. The first-order valence-corrected chi connectivity index (χ1v) is 3.51. The Kier molecular flexibility index (Phi) is 1.24. The molecule has 60 valence electrons. The van der Waals surface area contributed by atoms with Crippen LogP contribution in [0.1, 0.15) is 15.9 Å². The number of rotatable bonds is 0. The molecule has 0 atom stereocenters. The number of pyridine rings is 1. The molecule has 4 heteroatoms. The van der Waals surface area contributed by atoms with Gasteiger partial charge in [0, 0.05) is 6.20 Å². The number of carbonyl (C=O) groups excluding carboxylic acids is 2. The molecule has 1 amide bonds. The van der Waals surface area contributed by atoms with Crippen LogP contribution in [-0.4, -0.2) is 16.7 Å². The molecule has 2 heterocycles. The molecule has 1 N–H and O–H groups in total. The van der Waals surface area contributed by atoms with Crippen LogP contribution in [0, 0.1) is 6.92 Å². The molecule has 0 saturated heterocycles. The average Bonchev–Trinajstić information content (AvgIpc) is 2.31. The van der Waals surface area contributed by atoms with E-state index in [0.29, 0.717) is 11.4 Å². The molecule has 12 heavy (non-hydrogen) atoms. The summed E-state index contributed by atoms with van der Waals surface area (Å²) in [5, 5.41) is 2.37. The lowest BCUT2D eigenvalue weighted by atomic mass is 10.2. The van der Waals surface area contributed by atoms with Crippen LogP contribution in [0.2, 0.25) is 0 Å². The molecule has 0 bridgehead atoms. The van der Waals surface area contributed by atoms with Crippen LogP contribution < -0.4 is 5.32 Å². The minimum absolute atomic E-state index is 0.371. The summed E-state index contributed by atoms with van der Waals surface area (Å²) < 4.78 is 0. The molecular formula is C8H6N2O2. The topological polar surface area (TPSA) is 59.1 Å². The summed E-state index contributed by atoms with van der Waals surface area (Å²) in [7, 11) is 0. The Morgan fingerprint density at radius 3 is 2.92 bits per heavy atom. The number of amides is 1. The number of anilines is 1. The first-order valence-electron chi connectivity index (χ1n) is 3.51. The molecule has 1 aromatic heterocycles. The third-order valence-electron chi connectivity index (χ3n) is 1.71. The number of carbonyl (C=O) groups is 2. The van der Waals surface area contributed by atoms with Crippen LogP contribution in [0.5, 0.6) is 0 Å². The number of Topliss-reactive ketones (excluding diaryl/α,β-unsaturated/α-hetero) is 1. The highest BCUT2D eigenvalue weighted by Crippen LogP contribution is 2.20. The van der Waals surface area contributed by atoms with Crippen molar-refractivity contribution in [1.82, 2.24) is 4.98 Å². The molecule has 1 aliphatic heterocycles. The molecule has 4 nitrogen and oxygen atoms in total. The van der Waals surface area contributed by atoms with Gasteiger partial charge in [0.05, 0.1) is 5.56 Å². The fourth-order valence-electron chi connectivity index (χ4n) is 1.13. The highest BCUT2D eigenvalue weighted by molar-refractivity contribution is 6.51. The summed E-state index contributed by atoms with van der Waals surface area (Å²) in [6.07, 6.45) is 1.61. The zero-order valence-electron chi connectivity index (χ0n) is 6.42. The van der Waals surface area contributed by atoms with Crippen molar-refractivity contribution in [2.75, 3.05) is 5.32 Å². The van der Waals surface area contributed by atoms with Crippen LogP contribution in [-0.2, 0) is 4.79 Å². The van der Waals surface area contributed by atoms with Crippen LogP contribution in [0.3, 0.4) is 0 Å². The molecular weight excluding hydrogens is 156 g/mol. The van der Waals surface area contributed by atoms with E-state index >= 15 is 0 Å². The van der Waals surface area contributed by atoms with Crippen LogP contribution >= 0.6 is 0 Å². The average molecular weight is 162 g/mol. The van der Waals surface area contributed by atoms with Gasteiger partial charge in [0.25, 0.3) is 11.7 Å². The highest BCUT2D eigenvalue weighted by atomic mass is 16.2. The first kappa shape index (κ1) is 6.97. The van der Waals surface area contributed by atoms with E-state index in [0.717, 1.165) is 5.56 Å². The van der Waals surface area contributed by atoms with Crippen molar-refractivity contribution in [3.8, 4) is 0 Å². The number of fused-ring (bicyclic) bond motifs is 1. The summed E-state index contributed by atoms with van der Waals surface area (Å²) >= 11 is 0. The molecule has 2 rings (SSSR count). The summed E-state index contributed by atoms with van der Waals surface area (Å²) in [5.74, 6) is -0.722. The summed E-state index contributed by atoms with van der Waals surface area (Å²) in [6, 6.07) is 1.66. The van der Waals surface area contributed by atoms with E-state index in [-0.39, 0.29) is 0 Å². The van der Waals surface area contributed by atoms with Crippen LogP contribution in [0.25, 0.3) is 0 Å². The predicted octanol–water partition coefficient (Wildman–Crippen LogP) is 0.525. The van der Waals surface area contributed by atoms with Crippen molar-refractivity contribution < 1.29 is 9.59 Å². The minimum Gasteiger partial charge on any atom is -0.303 e. The Morgan fingerprint density at radius 2 is 2.17 bits per heavy atom. The number of nitrogens with zero attached hydrogens (tertiary/aromatic N) is 1. The third kappa shape index (κ3) is 0.812. The van der Waals surface area contributed by atoms with Gasteiger partial charge in [-0.2, -0.15) is 0 Å². The molecule has 1 aliphatic rings. The number of aryl methyl sites for hydroxylation is 1. The van der Waals surface area contributed by atoms with E-state index in [2.05, 4.69) is 10.3 Å². The van der Waals surface area contributed by atoms with Gasteiger partial charge in [-0.15, -0.1) is 0 Å². The first-order chi connectivity index (χ1) is 5.68. The van der Waals surface area contributed by atoms with Crippen molar-refractivity contribution in [3.05, 3.63) is 23.4 Å². The Morgan fingerprint density at radius 1 is 1.42 bits per heavy atom. The lowest BCUT2D eigenvalue weighted by molar-refractivity contribution is -0.112. The van der Waals surface area contributed by atoms with Gasteiger partial charge >= 0.3 is 0 Å². The van der Waals surface area contributed by atoms with E-state index in [9.17, 15) is 9.59 Å². The maximum atomic E-state index is 11.1. The normalized spacial score (nSPS) is 14.4. The van der Waals surface area contributed by atoms with E-state index < -0.39 is 11.7 Å². The largest absolute Gasteiger partial charge is 0.303 e. The van der Waals surface area contributed by atoms with E-state index in [1.807, 2.05) is 6.92 Å². The second kappa shape index (κ2) is 2.14.